The molecule has 0 saturated heterocycles. The van der Waals surface area contributed by atoms with Gasteiger partial charge in [0.1, 0.15) is 0 Å². The van der Waals surface area contributed by atoms with Gasteiger partial charge < -0.3 is 20.4 Å². The SMILES string of the molecule is Cc1ccc2c(c1)C1C(N2)B2c3c(cccc3N(c3ccc4c(c3)C3C=CC=CC3c3ccccc3-4)C3c4cc(C)ccc4NC23)N1c1ccc2c(c1)C1C=CC=CC1c1ccccc1-2. The molecule has 0 aromatic heterocycles. The summed E-state index contributed by atoms with van der Waals surface area (Å²) in [5.74, 6) is 1.46. The smallest absolute Gasteiger partial charge is 0.237 e. The number of allylic oxidation sites excluding steroid dienone is 8. The Morgan fingerprint density at radius 3 is 1.31 bits per heavy atom. The molecule has 8 aliphatic rings. The van der Waals surface area contributed by atoms with E-state index in [4.69, 9.17) is 0 Å². The van der Waals surface area contributed by atoms with Gasteiger partial charge in [0, 0.05) is 69.7 Å². The van der Waals surface area contributed by atoms with E-state index in [9.17, 15) is 0 Å². The first-order chi connectivity index (χ1) is 32.1. The molecule has 0 spiro atoms. The molecule has 0 fully saturated rings. The second-order valence-electron chi connectivity index (χ2n) is 19.7. The standard InChI is InChI=1S/C60H47BN4/c1-34-22-28-52-50(30-34)57-59(62-52)61-56-54(64(57)36-24-26-46-42-16-5-3-12-38(42)40-14-7-9-18-44(40)48(46)32-36)20-11-21-55(56)65(58-51-31-35(2)23-29-53(51)63-60(58)61)37-25-27-47-43-17-6-4-13-39(43)41-15-8-10-19-45(41)49(47)33-37/h3-33,40-41,44-45,57-60,62-63H,1-2H3. The van der Waals surface area contributed by atoms with Crippen LogP contribution in [0.1, 0.15) is 80.3 Å². The maximum atomic E-state index is 4.24. The molecule has 2 N–H and O–H groups in total. The first-order valence-electron chi connectivity index (χ1n) is 23.7. The van der Waals surface area contributed by atoms with Crippen LogP contribution < -0.4 is 25.9 Å². The third-order valence-corrected chi connectivity index (χ3v) is 16.5. The van der Waals surface area contributed by atoms with Gasteiger partial charge in [-0.3, -0.25) is 0 Å². The van der Waals surface area contributed by atoms with Crippen molar-refractivity contribution >= 4 is 46.3 Å². The van der Waals surface area contributed by atoms with Crippen LogP contribution in [0, 0.1) is 13.8 Å². The molecule has 4 heterocycles. The molecule has 4 aliphatic carbocycles. The minimum absolute atomic E-state index is 0.0931. The third-order valence-electron chi connectivity index (χ3n) is 16.5. The molecule has 0 radical (unpaired) electrons. The molecule has 4 nitrogen and oxygen atoms in total. The van der Waals surface area contributed by atoms with Gasteiger partial charge >= 0.3 is 0 Å². The van der Waals surface area contributed by atoms with Crippen molar-refractivity contribution in [3.8, 4) is 22.3 Å². The van der Waals surface area contributed by atoms with E-state index in [1.165, 1.54) is 106 Å². The molecule has 5 heteroatoms. The Kier molecular flexibility index (Phi) is 7.32. The van der Waals surface area contributed by atoms with Gasteiger partial charge in [-0.05, 0) is 123 Å². The Morgan fingerprint density at radius 1 is 0.400 bits per heavy atom. The molecular weight excluding hydrogens is 787 g/mol. The maximum absolute atomic E-state index is 4.24. The largest absolute Gasteiger partial charge is 0.386 e. The lowest BCUT2D eigenvalue weighted by atomic mass is 9.30. The van der Waals surface area contributed by atoms with Gasteiger partial charge in [-0.25, -0.2) is 0 Å². The van der Waals surface area contributed by atoms with Crippen molar-refractivity contribution in [2.75, 3.05) is 20.4 Å². The Hall–Kier alpha value is -7.24. The quantitative estimate of drug-likeness (QED) is 0.170. The normalized spacial score (nSPS) is 25.6. The van der Waals surface area contributed by atoms with Gasteiger partial charge in [0.15, 0.2) is 0 Å². The number of benzene rings is 7. The summed E-state index contributed by atoms with van der Waals surface area (Å²) in [4.78, 5) is 5.46. The summed E-state index contributed by atoms with van der Waals surface area (Å²) in [5.41, 5.74) is 25.5. The van der Waals surface area contributed by atoms with Gasteiger partial charge in [0.25, 0.3) is 0 Å². The fourth-order valence-corrected chi connectivity index (χ4v) is 13.9. The van der Waals surface area contributed by atoms with Gasteiger partial charge in [-0.15, -0.1) is 0 Å². The van der Waals surface area contributed by atoms with Crippen LogP contribution in [-0.4, -0.2) is 18.6 Å². The lowest BCUT2D eigenvalue weighted by molar-refractivity contribution is 0.650. The van der Waals surface area contributed by atoms with Gasteiger partial charge in [-0.1, -0.05) is 151 Å². The maximum Gasteiger partial charge on any atom is 0.237 e. The van der Waals surface area contributed by atoms with Crippen LogP contribution in [0.3, 0.4) is 0 Å². The van der Waals surface area contributed by atoms with Crippen molar-refractivity contribution in [1.29, 1.82) is 0 Å². The monoisotopic (exact) mass is 834 g/mol. The minimum Gasteiger partial charge on any atom is -0.386 e. The lowest BCUT2D eigenvalue weighted by Crippen LogP contribution is -2.68. The number of aryl methyl sites for hydroxylation is 2. The van der Waals surface area contributed by atoms with Gasteiger partial charge in [0.2, 0.25) is 6.71 Å². The highest BCUT2D eigenvalue weighted by atomic mass is 15.3. The van der Waals surface area contributed by atoms with Gasteiger partial charge in [-0.2, -0.15) is 0 Å². The van der Waals surface area contributed by atoms with E-state index < -0.39 is 0 Å². The predicted molar refractivity (Wildman–Crippen MR) is 270 cm³/mol. The van der Waals surface area contributed by atoms with Crippen molar-refractivity contribution < 1.29 is 0 Å². The number of rotatable bonds is 2. The summed E-state index contributed by atoms with van der Waals surface area (Å²) in [6, 6.07) is 54.4. The molecule has 8 unspecified atom stereocenters. The van der Waals surface area contributed by atoms with E-state index in [-0.39, 0.29) is 42.5 Å². The van der Waals surface area contributed by atoms with Crippen molar-refractivity contribution in [2.24, 2.45) is 0 Å². The summed E-state index contributed by atoms with van der Waals surface area (Å²) in [6.07, 6.45) is 18.7. The van der Waals surface area contributed by atoms with Crippen molar-refractivity contribution in [3.05, 3.63) is 233 Å². The molecule has 4 aliphatic heterocycles. The van der Waals surface area contributed by atoms with Crippen LogP contribution >= 0.6 is 0 Å². The molecule has 65 heavy (non-hydrogen) atoms. The van der Waals surface area contributed by atoms with Crippen LogP contribution in [0.25, 0.3) is 22.3 Å². The predicted octanol–water partition coefficient (Wildman–Crippen LogP) is 13.4. The molecule has 15 rings (SSSR count). The fraction of sp³-hybridized carbons (Fsp3) is 0.167. The van der Waals surface area contributed by atoms with Crippen LogP contribution in [0.15, 0.2) is 188 Å². The number of hydrogen-bond donors (Lipinski definition) is 2. The highest BCUT2D eigenvalue weighted by Gasteiger charge is 2.59. The number of nitrogens with zero attached hydrogens (tertiary/aromatic N) is 2. The van der Waals surface area contributed by atoms with Crippen LogP contribution in [0.2, 0.25) is 0 Å². The van der Waals surface area contributed by atoms with E-state index in [0.29, 0.717) is 11.8 Å². The Labute approximate surface area is 381 Å². The molecule has 0 saturated carbocycles. The highest BCUT2D eigenvalue weighted by Crippen LogP contribution is 2.58. The zero-order valence-corrected chi connectivity index (χ0v) is 36.5. The number of hydrogen-bond acceptors (Lipinski definition) is 4. The minimum atomic E-state index is 0.0931. The van der Waals surface area contributed by atoms with E-state index >= 15 is 0 Å². The number of fused-ring (bicyclic) bond motifs is 20. The zero-order valence-electron chi connectivity index (χ0n) is 36.5. The zero-order chi connectivity index (χ0) is 42.7. The Morgan fingerprint density at radius 2 is 0.831 bits per heavy atom. The summed E-state index contributed by atoms with van der Waals surface area (Å²) >= 11 is 0. The van der Waals surface area contributed by atoms with E-state index in [1.807, 2.05) is 0 Å². The van der Waals surface area contributed by atoms with Crippen LogP contribution in [-0.2, 0) is 0 Å². The average Bonchev–Trinajstić information content (AvgIpc) is 3.92. The van der Waals surface area contributed by atoms with Crippen LogP contribution in [0.4, 0.5) is 34.1 Å². The van der Waals surface area contributed by atoms with E-state index in [2.05, 4.69) is 222 Å². The molecule has 7 aromatic rings. The molecule has 310 valence electrons. The van der Waals surface area contributed by atoms with E-state index in [0.717, 1.165) is 0 Å². The molecular formula is C60H47BN4. The third kappa shape index (κ3) is 4.88. The first kappa shape index (κ1) is 36.1. The Bertz CT molecular complexity index is 3140. The average molecular weight is 835 g/mol. The topological polar surface area (TPSA) is 30.5 Å². The second kappa shape index (κ2) is 13.2. The van der Waals surface area contributed by atoms with Crippen LogP contribution in [0.5, 0.6) is 0 Å². The number of anilines is 6. The van der Waals surface area contributed by atoms with Crippen molar-refractivity contribution in [3.63, 3.8) is 0 Å². The van der Waals surface area contributed by atoms with Crippen molar-refractivity contribution in [1.82, 2.24) is 0 Å². The fourth-order valence-electron chi connectivity index (χ4n) is 13.9. The lowest BCUT2D eigenvalue weighted by Gasteiger charge is -2.52. The molecule has 7 aromatic carbocycles. The molecule has 8 atom stereocenters. The molecule has 0 amide bonds. The summed E-state index contributed by atoms with van der Waals surface area (Å²) in [7, 11) is 0. The molecule has 0 bridgehead atoms. The summed E-state index contributed by atoms with van der Waals surface area (Å²) < 4.78 is 0. The number of nitrogens with one attached hydrogen (secondary N) is 2. The highest BCUT2D eigenvalue weighted by molar-refractivity contribution is 6.81. The first-order valence-corrected chi connectivity index (χ1v) is 23.7. The van der Waals surface area contributed by atoms with E-state index in [1.54, 1.807) is 0 Å². The second-order valence-corrected chi connectivity index (χ2v) is 19.7. The van der Waals surface area contributed by atoms with Gasteiger partial charge in [0.05, 0.1) is 12.1 Å². The Balaban J connectivity index is 0.968. The summed E-state index contributed by atoms with van der Waals surface area (Å²) in [6.45, 7) is 4.68. The van der Waals surface area contributed by atoms with Crippen molar-refractivity contribution in [2.45, 2.75) is 61.5 Å². The summed E-state index contributed by atoms with van der Waals surface area (Å²) in [5, 5.41) is 8.48.